The molecule has 1 fully saturated rings. The summed E-state index contributed by atoms with van der Waals surface area (Å²) in [4.78, 5) is 16.5. The quantitative estimate of drug-likeness (QED) is 0.866. The van der Waals surface area contributed by atoms with Gasteiger partial charge in [-0.3, -0.25) is 4.79 Å². The average molecular weight is 378 g/mol. The van der Waals surface area contributed by atoms with Crippen LogP contribution in [0.4, 0.5) is 5.69 Å². The molecule has 1 amide bonds. The molecular formula is C24H31N3O. The molecule has 0 radical (unpaired) electrons. The van der Waals surface area contributed by atoms with Gasteiger partial charge >= 0.3 is 0 Å². The normalized spacial score (nSPS) is 21.1. The Kier molecular flexibility index (Phi) is 4.92. The van der Waals surface area contributed by atoms with E-state index >= 15 is 0 Å². The summed E-state index contributed by atoms with van der Waals surface area (Å²) in [6.07, 6.45) is 1.05. The van der Waals surface area contributed by atoms with Crippen LogP contribution in [0.1, 0.15) is 30.5 Å². The summed E-state index contributed by atoms with van der Waals surface area (Å²) in [5.41, 5.74) is 5.32. The number of carbonyl (C=O) groups is 1. The highest BCUT2D eigenvalue weighted by molar-refractivity contribution is 5.80. The van der Waals surface area contributed by atoms with E-state index in [4.69, 9.17) is 0 Å². The van der Waals surface area contributed by atoms with E-state index < -0.39 is 0 Å². The monoisotopic (exact) mass is 377 g/mol. The minimum Gasteiger partial charge on any atom is -0.381 e. The van der Waals surface area contributed by atoms with E-state index in [1.807, 2.05) is 11.9 Å². The summed E-state index contributed by atoms with van der Waals surface area (Å²) >= 11 is 0. The van der Waals surface area contributed by atoms with E-state index in [0.29, 0.717) is 12.6 Å². The highest BCUT2D eigenvalue weighted by atomic mass is 16.2. The second-order valence-electron chi connectivity index (χ2n) is 9.09. The third kappa shape index (κ3) is 3.53. The van der Waals surface area contributed by atoms with E-state index in [-0.39, 0.29) is 17.2 Å². The van der Waals surface area contributed by atoms with Crippen molar-refractivity contribution in [3.05, 3.63) is 65.2 Å². The van der Waals surface area contributed by atoms with Gasteiger partial charge < -0.3 is 15.1 Å². The standard InChI is InChI=1S/C24H31N3O/c1-24(2)21-8-6-5-7-18(21)13-22(24)25-20-11-9-17(10-12-20)14-27(4)23(28)19-15-26(3)16-19/h5-12,19,22,25H,13-16H2,1-4H3. The predicted molar refractivity (Wildman–Crippen MR) is 114 cm³/mol. The number of anilines is 1. The maximum absolute atomic E-state index is 12.4. The van der Waals surface area contributed by atoms with Gasteiger partial charge in [0.05, 0.1) is 5.92 Å². The molecule has 1 unspecified atom stereocenters. The summed E-state index contributed by atoms with van der Waals surface area (Å²) in [6, 6.07) is 17.7. The Labute approximate surface area is 168 Å². The molecule has 4 nitrogen and oxygen atoms in total. The molecule has 2 aromatic rings. The van der Waals surface area contributed by atoms with E-state index in [2.05, 4.69) is 79.6 Å². The molecule has 148 valence electrons. The first kappa shape index (κ1) is 19.0. The lowest BCUT2D eigenvalue weighted by molar-refractivity contribution is -0.139. The number of hydrogen-bond donors (Lipinski definition) is 1. The number of fused-ring (bicyclic) bond motifs is 1. The SMILES string of the molecule is CN1CC(C(=O)N(C)Cc2ccc(NC3Cc4ccccc4C3(C)C)cc2)C1. The van der Waals surface area contributed by atoms with Crippen LogP contribution in [-0.4, -0.2) is 48.9 Å². The van der Waals surface area contributed by atoms with Crippen LogP contribution in [0.5, 0.6) is 0 Å². The average Bonchev–Trinajstić information content (AvgIpc) is 2.90. The molecule has 0 bridgehead atoms. The van der Waals surface area contributed by atoms with Crippen molar-refractivity contribution in [3.63, 3.8) is 0 Å². The second kappa shape index (κ2) is 7.25. The molecule has 1 atom stereocenters. The Hall–Kier alpha value is -2.33. The molecule has 1 N–H and O–H groups in total. The van der Waals surface area contributed by atoms with Crippen molar-refractivity contribution in [1.82, 2.24) is 9.80 Å². The molecule has 1 heterocycles. The van der Waals surface area contributed by atoms with Crippen LogP contribution in [0.2, 0.25) is 0 Å². The Bertz CT molecular complexity index is 852. The van der Waals surface area contributed by atoms with Gasteiger partial charge in [-0.2, -0.15) is 0 Å². The number of rotatable bonds is 5. The molecule has 1 aliphatic carbocycles. The maximum atomic E-state index is 12.4. The summed E-state index contributed by atoms with van der Waals surface area (Å²) in [7, 11) is 3.96. The molecule has 0 saturated carbocycles. The largest absolute Gasteiger partial charge is 0.381 e. The third-order valence-electron chi connectivity index (χ3n) is 6.51. The van der Waals surface area contributed by atoms with Gasteiger partial charge in [0, 0.05) is 43.8 Å². The van der Waals surface area contributed by atoms with Gasteiger partial charge in [0.15, 0.2) is 0 Å². The highest BCUT2D eigenvalue weighted by Crippen LogP contribution is 2.39. The van der Waals surface area contributed by atoms with Crippen molar-refractivity contribution in [3.8, 4) is 0 Å². The number of benzene rings is 2. The van der Waals surface area contributed by atoms with Crippen LogP contribution in [0.15, 0.2) is 48.5 Å². The first-order valence-electron chi connectivity index (χ1n) is 10.2. The first-order chi connectivity index (χ1) is 13.3. The first-order valence-corrected chi connectivity index (χ1v) is 10.2. The van der Waals surface area contributed by atoms with Crippen LogP contribution < -0.4 is 5.32 Å². The Balaban J connectivity index is 1.37. The van der Waals surface area contributed by atoms with Crippen molar-refractivity contribution in [2.75, 3.05) is 32.5 Å². The number of nitrogens with one attached hydrogen (secondary N) is 1. The van der Waals surface area contributed by atoms with Crippen molar-refractivity contribution in [1.29, 1.82) is 0 Å². The number of carbonyl (C=O) groups excluding carboxylic acids is 1. The highest BCUT2D eigenvalue weighted by Gasteiger charge is 2.39. The van der Waals surface area contributed by atoms with Crippen LogP contribution in [0.25, 0.3) is 0 Å². The lowest BCUT2D eigenvalue weighted by Gasteiger charge is -2.37. The molecular weight excluding hydrogens is 346 g/mol. The third-order valence-corrected chi connectivity index (χ3v) is 6.51. The molecule has 28 heavy (non-hydrogen) atoms. The fourth-order valence-corrected chi connectivity index (χ4v) is 4.65. The van der Waals surface area contributed by atoms with Crippen molar-refractivity contribution >= 4 is 11.6 Å². The van der Waals surface area contributed by atoms with Gasteiger partial charge in [-0.15, -0.1) is 0 Å². The fourth-order valence-electron chi connectivity index (χ4n) is 4.65. The molecule has 2 aliphatic rings. The molecule has 0 aromatic heterocycles. The van der Waals surface area contributed by atoms with Crippen molar-refractivity contribution < 1.29 is 4.79 Å². The van der Waals surface area contributed by atoms with Crippen molar-refractivity contribution in [2.24, 2.45) is 5.92 Å². The van der Waals surface area contributed by atoms with Gasteiger partial charge in [0.1, 0.15) is 0 Å². The van der Waals surface area contributed by atoms with Gasteiger partial charge in [-0.05, 0) is 42.3 Å². The van der Waals surface area contributed by atoms with E-state index in [0.717, 1.165) is 25.2 Å². The Morgan fingerprint density at radius 1 is 1.14 bits per heavy atom. The van der Waals surface area contributed by atoms with Gasteiger partial charge in [0.25, 0.3) is 0 Å². The van der Waals surface area contributed by atoms with Crippen LogP contribution >= 0.6 is 0 Å². The van der Waals surface area contributed by atoms with Gasteiger partial charge in [-0.1, -0.05) is 50.2 Å². The van der Waals surface area contributed by atoms with Crippen LogP contribution in [-0.2, 0) is 23.2 Å². The van der Waals surface area contributed by atoms with Crippen LogP contribution in [0, 0.1) is 5.92 Å². The molecule has 4 rings (SSSR count). The lowest BCUT2D eigenvalue weighted by atomic mass is 9.83. The Morgan fingerprint density at radius 3 is 2.46 bits per heavy atom. The minimum absolute atomic E-state index is 0.109. The molecule has 1 aliphatic heterocycles. The zero-order valence-electron chi connectivity index (χ0n) is 17.4. The summed E-state index contributed by atoms with van der Waals surface area (Å²) in [5.74, 6) is 0.424. The number of hydrogen-bond acceptors (Lipinski definition) is 3. The van der Waals surface area contributed by atoms with Gasteiger partial charge in [0.2, 0.25) is 5.91 Å². The van der Waals surface area contributed by atoms with Crippen molar-refractivity contribution in [2.45, 2.75) is 38.3 Å². The molecule has 2 aromatic carbocycles. The minimum atomic E-state index is 0.109. The molecule has 1 saturated heterocycles. The smallest absolute Gasteiger partial charge is 0.228 e. The lowest BCUT2D eigenvalue weighted by Crippen LogP contribution is -2.51. The summed E-state index contributed by atoms with van der Waals surface area (Å²) < 4.78 is 0. The Morgan fingerprint density at radius 2 is 1.82 bits per heavy atom. The van der Waals surface area contributed by atoms with E-state index in [1.165, 1.54) is 16.7 Å². The number of nitrogens with zero attached hydrogens (tertiary/aromatic N) is 2. The number of likely N-dealkylation sites (tertiary alicyclic amines) is 1. The summed E-state index contributed by atoms with van der Waals surface area (Å²) in [6.45, 7) is 7.07. The fraction of sp³-hybridized carbons (Fsp3) is 0.458. The molecule has 0 spiro atoms. The summed E-state index contributed by atoms with van der Waals surface area (Å²) in [5, 5.41) is 3.74. The molecule has 4 heteroatoms. The van der Waals surface area contributed by atoms with Gasteiger partial charge in [-0.25, -0.2) is 0 Å². The zero-order chi connectivity index (χ0) is 19.9. The van der Waals surface area contributed by atoms with E-state index in [9.17, 15) is 4.79 Å². The number of amides is 1. The maximum Gasteiger partial charge on any atom is 0.228 e. The predicted octanol–water partition coefficient (Wildman–Crippen LogP) is 3.52. The topological polar surface area (TPSA) is 35.6 Å². The zero-order valence-corrected chi connectivity index (χ0v) is 17.4. The second-order valence-corrected chi connectivity index (χ2v) is 9.09. The van der Waals surface area contributed by atoms with E-state index in [1.54, 1.807) is 0 Å². The van der Waals surface area contributed by atoms with Crippen LogP contribution in [0.3, 0.4) is 0 Å².